The van der Waals surface area contributed by atoms with E-state index >= 15 is 0 Å². The van der Waals surface area contributed by atoms with Gasteiger partial charge in [0.2, 0.25) is 0 Å². The third-order valence-electron chi connectivity index (χ3n) is 5.17. The Morgan fingerprint density at radius 1 is 1.21 bits per heavy atom. The number of thiazole rings is 1. The van der Waals surface area contributed by atoms with E-state index in [1.165, 1.54) is 15.9 Å². The molecule has 9 heteroatoms. The van der Waals surface area contributed by atoms with Gasteiger partial charge in [-0.1, -0.05) is 36.4 Å². The van der Waals surface area contributed by atoms with Crippen LogP contribution in [0.1, 0.15) is 24.0 Å². The Bertz CT molecular complexity index is 1530. The lowest BCUT2D eigenvalue weighted by Gasteiger charge is -2.25. The van der Waals surface area contributed by atoms with Crippen LogP contribution in [0.25, 0.3) is 17.5 Å². The molecule has 1 aromatic heterocycles. The van der Waals surface area contributed by atoms with E-state index in [1.54, 1.807) is 13.0 Å². The maximum atomic E-state index is 13.4. The molecule has 33 heavy (non-hydrogen) atoms. The molecule has 1 atom stereocenters. The lowest BCUT2D eigenvalue weighted by atomic mass is 9.84. The summed E-state index contributed by atoms with van der Waals surface area (Å²) in [6.07, 6.45) is 1.79. The molecule has 0 saturated heterocycles. The second kappa shape index (κ2) is 9.82. The molecule has 6 nitrogen and oxygen atoms in total. The van der Waals surface area contributed by atoms with Crippen LogP contribution in [0.3, 0.4) is 0 Å². The maximum absolute atomic E-state index is 13.4. The van der Waals surface area contributed by atoms with E-state index in [4.69, 9.17) is 10.5 Å². The van der Waals surface area contributed by atoms with Crippen LogP contribution in [0.15, 0.2) is 58.9 Å². The monoisotopic (exact) mass is 681 g/mol. The first-order chi connectivity index (χ1) is 15.9. The molecule has 0 aliphatic carbocycles. The predicted molar refractivity (Wildman–Crippen MR) is 146 cm³/mol. The fraction of sp³-hybridized carbons (Fsp3) is 0.125. The minimum absolute atomic E-state index is 0.00392. The van der Waals surface area contributed by atoms with Crippen LogP contribution in [0.5, 0.6) is 0 Å². The molecule has 0 spiro atoms. The smallest absolute Gasteiger partial charge is 0.338 e. The largest absolute Gasteiger partial charge is 0.463 e. The summed E-state index contributed by atoms with van der Waals surface area (Å²) in [5.74, 6) is -1.38. The number of ether oxygens (including phenoxy) is 1. The van der Waals surface area contributed by atoms with Crippen LogP contribution in [-0.2, 0) is 9.53 Å². The Kier molecular flexibility index (Phi) is 7.06. The molecule has 0 fully saturated rings. The van der Waals surface area contributed by atoms with Gasteiger partial charge in [-0.3, -0.25) is 9.36 Å². The van der Waals surface area contributed by atoms with E-state index in [0.29, 0.717) is 14.8 Å². The molecule has 2 aromatic carbocycles. The number of hydrogen-bond donors (Lipinski definition) is 1. The fourth-order valence-corrected chi connectivity index (χ4v) is 6.08. The van der Waals surface area contributed by atoms with Gasteiger partial charge in [0, 0.05) is 7.14 Å². The van der Waals surface area contributed by atoms with Crippen molar-refractivity contribution in [2.75, 3.05) is 6.61 Å². The number of carbonyl (C=O) groups excluding carboxylic acids is 1. The summed E-state index contributed by atoms with van der Waals surface area (Å²) in [7, 11) is 0. The Hall–Kier alpha value is -2.43. The van der Waals surface area contributed by atoms with E-state index in [2.05, 4.69) is 51.3 Å². The number of fused-ring (bicyclic) bond motifs is 1. The Morgan fingerprint density at radius 2 is 1.88 bits per heavy atom. The van der Waals surface area contributed by atoms with Gasteiger partial charge in [0.15, 0.2) is 0 Å². The van der Waals surface area contributed by atoms with Crippen molar-refractivity contribution in [1.82, 2.24) is 4.57 Å². The quantitative estimate of drug-likeness (QED) is 0.338. The summed E-state index contributed by atoms with van der Waals surface area (Å²) in [6, 6.07) is 17.4. The molecule has 1 aliphatic rings. The van der Waals surface area contributed by atoms with Crippen molar-refractivity contribution in [1.29, 1.82) is 5.26 Å². The number of carbonyl (C=O) groups is 1. The van der Waals surface area contributed by atoms with Gasteiger partial charge < -0.3 is 10.5 Å². The van der Waals surface area contributed by atoms with Gasteiger partial charge >= 0.3 is 5.97 Å². The highest BCUT2D eigenvalue weighted by molar-refractivity contribution is 14.1. The molecule has 2 heterocycles. The Balaban J connectivity index is 2.11. The van der Waals surface area contributed by atoms with Crippen molar-refractivity contribution < 1.29 is 9.53 Å². The topological polar surface area (TPSA) is 98.1 Å². The number of hydrogen-bond acceptors (Lipinski definition) is 6. The first-order valence-electron chi connectivity index (χ1n) is 9.93. The molecule has 3 aromatic rings. The van der Waals surface area contributed by atoms with Crippen LogP contribution in [0, 0.1) is 18.5 Å². The standard InChI is InChI=1S/C24H17I2N3O3S/c1-2-32-24(31)20-19(14-8-4-6-10-17(14)26)15(12-27)23-29(21(20)28)22(30)18(33-23)11-13-7-3-5-9-16(13)25/h3-11,19H,2,28H2,1H3/t19-/m1/s1. The number of aromatic nitrogens is 1. The Morgan fingerprint density at radius 3 is 2.52 bits per heavy atom. The highest BCUT2D eigenvalue weighted by Crippen LogP contribution is 2.38. The first kappa shape index (κ1) is 23.7. The highest BCUT2D eigenvalue weighted by atomic mass is 127. The van der Waals surface area contributed by atoms with Gasteiger partial charge in [-0.2, -0.15) is 5.26 Å². The van der Waals surface area contributed by atoms with Gasteiger partial charge in [0.25, 0.3) is 5.56 Å². The summed E-state index contributed by atoms with van der Waals surface area (Å²) in [5.41, 5.74) is 8.13. The van der Waals surface area contributed by atoms with E-state index < -0.39 is 11.9 Å². The molecular formula is C24H17I2N3O3S. The van der Waals surface area contributed by atoms with E-state index in [0.717, 1.165) is 18.3 Å². The average Bonchev–Trinajstić information content (AvgIpc) is 3.12. The molecule has 0 saturated carbocycles. The molecule has 1 aliphatic heterocycles. The number of halogens is 2. The number of benzene rings is 2. The molecular weight excluding hydrogens is 664 g/mol. The maximum Gasteiger partial charge on any atom is 0.338 e. The van der Waals surface area contributed by atoms with Crippen LogP contribution in [0.4, 0.5) is 0 Å². The first-order valence-corrected chi connectivity index (χ1v) is 12.9. The van der Waals surface area contributed by atoms with E-state index in [1.807, 2.05) is 48.5 Å². The molecule has 0 bridgehead atoms. The van der Waals surface area contributed by atoms with E-state index in [9.17, 15) is 14.9 Å². The SMILES string of the molecule is CCOC(=O)C1=C(N)n2c(sc(=Cc3ccccc3I)c2=O)=C(C#N)[C@H]1c1ccccc1I. The number of nitrogens with zero attached hydrogens (tertiary/aromatic N) is 2. The van der Waals surface area contributed by atoms with Gasteiger partial charge in [0.05, 0.1) is 34.3 Å². The lowest BCUT2D eigenvalue weighted by Crippen LogP contribution is -2.40. The minimum atomic E-state index is -0.732. The summed E-state index contributed by atoms with van der Waals surface area (Å²) < 4.78 is 9.27. The van der Waals surface area contributed by atoms with Crippen molar-refractivity contribution >= 4 is 80.0 Å². The number of esters is 1. The predicted octanol–water partition coefficient (Wildman–Crippen LogP) is 3.11. The van der Waals surface area contributed by atoms with Gasteiger partial charge in [-0.25, -0.2) is 4.79 Å². The van der Waals surface area contributed by atoms with Crippen molar-refractivity contribution in [3.05, 3.63) is 91.9 Å². The third kappa shape index (κ3) is 4.27. The van der Waals surface area contributed by atoms with Crippen molar-refractivity contribution in [3.8, 4) is 6.07 Å². The second-order valence-corrected chi connectivity index (χ2v) is 10.4. The molecule has 166 valence electrons. The normalized spacial score (nSPS) is 15.9. The van der Waals surface area contributed by atoms with Crippen LogP contribution >= 0.6 is 56.5 Å². The zero-order chi connectivity index (χ0) is 23.7. The summed E-state index contributed by atoms with van der Waals surface area (Å²) in [4.78, 5) is 26.4. The number of nitrogens with two attached hydrogens (primary N) is 1. The lowest BCUT2D eigenvalue weighted by molar-refractivity contribution is -0.138. The summed E-state index contributed by atoms with van der Waals surface area (Å²) >= 11 is 5.57. The van der Waals surface area contributed by atoms with Crippen molar-refractivity contribution in [2.24, 2.45) is 5.73 Å². The average molecular weight is 681 g/mol. The molecule has 2 N–H and O–H groups in total. The molecule has 4 rings (SSSR count). The molecule has 0 amide bonds. The molecule has 0 radical (unpaired) electrons. The Labute approximate surface area is 221 Å². The minimum Gasteiger partial charge on any atom is -0.463 e. The zero-order valence-corrected chi connectivity index (χ0v) is 22.5. The van der Waals surface area contributed by atoms with Crippen molar-refractivity contribution in [2.45, 2.75) is 12.8 Å². The molecule has 0 unspecified atom stereocenters. The fourth-order valence-electron chi connectivity index (χ4n) is 3.71. The van der Waals surface area contributed by atoms with Crippen molar-refractivity contribution in [3.63, 3.8) is 0 Å². The van der Waals surface area contributed by atoms with Crippen LogP contribution in [-0.4, -0.2) is 17.1 Å². The van der Waals surface area contributed by atoms with Crippen LogP contribution < -0.4 is 20.5 Å². The summed E-state index contributed by atoms with van der Waals surface area (Å²) in [6.45, 7) is 1.84. The third-order valence-corrected chi connectivity index (χ3v) is 8.25. The summed E-state index contributed by atoms with van der Waals surface area (Å²) in [5, 5.41) is 10.2. The number of rotatable bonds is 4. The van der Waals surface area contributed by atoms with Gasteiger partial charge in [-0.05, 0) is 81.4 Å². The van der Waals surface area contributed by atoms with Gasteiger partial charge in [0.1, 0.15) is 10.5 Å². The second-order valence-electron chi connectivity index (χ2n) is 7.08. The van der Waals surface area contributed by atoms with E-state index in [-0.39, 0.29) is 23.6 Å². The number of nitriles is 1. The highest BCUT2D eigenvalue weighted by Gasteiger charge is 2.37. The van der Waals surface area contributed by atoms with Gasteiger partial charge in [-0.15, -0.1) is 11.3 Å². The van der Waals surface area contributed by atoms with Crippen LogP contribution in [0.2, 0.25) is 0 Å². The zero-order valence-electron chi connectivity index (χ0n) is 17.3.